The van der Waals surface area contributed by atoms with Crippen LogP contribution in [0.1, 0.15) is 5.56 Å². The Labute approximate surface area is 92.9 Å². The summed E-state index contributed by atoms with van der Waals surface area (Å²) in [5.41, 5.74) is 8.40. The number of benzene rings is 1. The van der Waals surface area contributed by atoms with Crippen LogP contribution in [-0.2, 0) is 0 Å². The maximum absolute atomic E-state index is 5.87. The highest BCUT2D eigenvalue weighted by atomic mass is 35.5. The second kappa shape index (κ2) is 3.87. The second-order valence-corrected chi connectivity index (χ2v) is 3.74. The molecule has 0 amide bonds. The van der Waals surface area contributed by atoms with Gasteiger partial charge in [0.1, 0.15) is 0 Å². The molecule has 3 nitrogen and oxygen atoms in total. The van der Waals surface area contributed by atoms with Crippen LogP contribution in [-0.4, -0.2) is 10.2 Å². The van der Waals surface area contributed by atoms with Crippen molar-refractivity contribution in [2.24, 2.45) is 0 Å². The molecule has 0 unspecified atom stereocenters. The number of rotatable bonds is 1. The fourth-order valence-electron chi connectivity index (χ4n) is 1.24. The van der Waals surface area contributed by atoms with E-state index in [9.17, 15) is 0 Å². The molecule has 0 spiro atoms. The molecule has 0 fully saturated rings. The molecule has 2 N–H and O–H groups in total. The van der Waals surface area contributed by atoms with E-state index in [4.69, 9.17) is 17.3 Å². The molecule has 0 atom stereocenters. The summed E-state index contributed by atoms with van der Waals surface area (Å²) in [7, 11) is 0. The zero-order valence-electron chi connectivity index (χ0n) is 8.24. The zero-order chi connectivity index (χ0) is 10.8. The van der Waals surface area contributed by atoms with Gasteiger partial charge in [0.15, 0.2) is 5.82 Å². The van der Waals surface area contributed by atoms with Gasteiger partial charge in [-0.05, 0) is 13.0 Å². The number of aryl methyl sites for hydroxylation is 1. The lowest BCUT2D eigenvalue weighted by Crippen LogP contribution is -1.95. The maximum atomic E-state index is 5.87. The first-order valence-corrected chi connectivity index (χ1v) is 4.90. The van der Waals surface area contributed by atoms with E-state index in [2.05, 4.69) is 10.2 Å². The summed E-state index contributed by atoms with van der Waals surface area (Å²) in [5.74, 6) is 0.257. The number of hydrogen-bond donors (Lipinski definition) is 1. The van der Waals surface area contributed by atoms with Crippen molar-refractivity contribution in [3.63, 3.8) is 0 Å². The molecule has 4 heteroatoms. The first-order chi connectivity index (χ1) is 7.16. The minimum absolute atomic E-state index is 0.257. The van der Waals surface area contributed by atoms with Crippen LogP contribution in [0.4, 0.5) is 5.82 Å². The fourth-order valence-corrected chi connectivity index (χ4v) is 1.38. The number of hydrogen-bond acceptors (Lipinski definition) is 3. The van der Waals surface area contributed by atoms with Gasteiger partial charge in [-0.2, -0.15) is 0 Å². The lowest BCUT2D eigenvalue weighted by molar-refractivity contribution is 1.05. The molecule has 76 valence electrons. The average molecular weight is 220 g/mol. The van der Waals surface area contributed by atoms with Gasteiger partial charge in [-0.15, -0.1) is 10.2 Å². The minimum Gasteiger partial charge on any atom is -0.381 e. The van der Waals surface area contributed by atoms with Gasteiger partial charge in [-0.3, -0.25) is 0 Å². The maximum Gasteiger partial charge on any atom is 0.164 e. The van der Waals surface area contributed by atoms with Crippen LogP contribution in [0.3, 0.4) is 0 Å². The standard InChI is InChI=1S/C11H10ClN3/c1-7-2-4-8(5-3-7)10-6-9(12)11(13)15-14-10/h2-6H,1H3,(H2,13,15). The summed E-state index contributed by atoms with van der Waals surface area (Å²) in [6.45, 7) is 2.03. The van der Waals surface area contributed by atoms with Gasteiger partial charge in [0.05, 0.1) is 10.7 Å². The molecule has 0 aliphatic rings. The van der Waals surface area contributed by atoms with Crippen molar-refractivity contribution >= 4 is 17.4 Å². The van der Waals surface area contributed by atoms with Crippen LogP contribution in [0.2, 0.25) is 5.02 Å². The van der Waals surface area contributed by atoms with E-state index < -0.39 is 0 Å². The van der Waals surface area contributed by atoms with Gasteiger partial charge in [-0.25, -0.2) is 0 Å². The van der Waals surface area contributed by atoms with Gasteiger partial charge in [0.25, 0.3) is 0 Å². The quantitative estimate of drug-likeness (QED) is 0.802. The Morgan fingerprint density at radius 1 is 1.13 bits per heavy atom. The molecule has 1 aromatic heterocycles. The lowest BCUT2D eigenvalue weighted by atomic mass is 10.1. The number of nitrogen functional groups attached to an aromatic ring is 1. The van der Waals surface area contributed by atoms with Gasteiger partial charge in [0.2, 0.25) is 0 Å². The number of halogens is 1. The number of nitrogens with zero attached hydrogens (tertiary/aromatic N) is 2. The van der Waals surface area contributed by atoms with E-state index in [1.807, 2.05) is 31.2 Å². The smallest absolute Gasteiger partial charge is 0.164 e. The SMILES string of the molecule is Cc1ccc(-c2cc(Cl)c(N)nn2)cc1. The monoisotopic (exact) mass is 219 g/mol. The first-order valence-electron chi connectivity index (χ1n) is 4.52. The Kier molecular flexibility index (Phi) is 2.56. The molecule has 0 aliphatic heterocycles. The highest BCUT2D eigenvalue weighted by Gasteiger charge is 2.03. The average Bonchev–Trinajstić information content (AvgIpc) is 2.23. The third kappa shape index (κ3) is 2.07. The molecule has 2 rings (SSSR count). The van der Waals surface area contributed by atoms with Crippen LogP contribution in [0.25, 0.3) is 11.3 Å². The highest BCUT2D eigenvalue weighted by molar-refractivity contribution is 6.32. The Morgan fingerprint density at radius 3 is 2.40 bits per heavy atom. The molecule has 2 aromatic rings. The van der Waals surface area contributed by atoms with Crippen LogP contribution in [0.15, 0.2) is 30.3 Å². The van der Waals surface area contributed by atoms with E-state index in [-0.39, 0.29) is 5.82 Å². The highest BCUT2D eigenvalue weighted by Crippen LogP contribution is 2.22. The van der Waals surface area contributed by atoms with Crippen LogP contribution in [0, 0.1) is 6.92 Å². The molecular formula is C11H10ClN3. The Bertz CT molecular complexity index is 480. The minimum atomic E-state index is 0.257. The molecule has 0 saturated heterocycles. The van der Waals surface area contributed by atoms with E-state index in [0.717, 1.165) is 11.3 Å². The van der Waals surface area contributed by atoms with Crippen molar-refractivity contribution in [1.29, 1.82) is 0 Å². The Balaban J connectivity index is 2.45. The first kappa shape index (κ1) is 9.93. The van der Waals surface area contributed by atoms with Crippen LogP contribution < -0.4 is 5.73 Å². The molecule has 0 saturated carbocycles. The zero-order valence-corrected chi connectivity index (χ0v) is 8.99. The summed E-state index contributed by atoms with van der Waals surface area (Å²) >= 11 is 5.87. The molecule has 1 aromatic carbocycles. The summed E-state index contributed by atoms with van der Waals surface area (Å²) in [4.78, 5) is 0. The Morgan fingerprint density at radius 2 is 1.80 bits per heavy atom. The van der Waals surface area contributed by atoms with Gasteiger partial charge >= 0.3 is 0 Å². The van der Waals surface area contributed by atoms with E-state index in [1.54, 1.807) is 6.07 Å². The van der Waals surface area contributed by atoms with E-state index in [1.165, 1.54) is 5.56 Å². The molecule has 1 heterocycles. The van der Waals surface area contributed by atoms with Crippen molar-refractivity contribution in [3.8, 4) is 11.3 Å². The lowest BCUT2D eigenvalue weighted by Gasteiger charge is -2.02. The normalized spacial score (nSPS) is 10.3. The third-order valence-electron chi connectivity index (χ3n) is 2.12. The van der Waals surface area contributed by atoms with Crippen LogP contribution >= 0.6 is 11.6 Å². The van der Waals surface area contributed by atoms with E-state index >= 15 is 0 Å². The van der Waals surface area contributed by atoms with Crippen molar-refractivity contribution in [2.75, 3.05) is 5.73 Å². The van der Waals surface area contributed by atoms with Gasteiger partial charge < -0.3 is 5.73 Å². The van der Waals surface area contributed by atoms with Crippen molar-refractivity contribution in [1.82, 2.24) is 10.2 Å². The molecule has 0 aliphatic carbocycles. The number of aromatic nitrogens is 2. The van der Waals surface area contributed by atoms with E-state index in [0.29, 0.717) is 5.02 Å². The number of nitrogens with two attached hydrogens (primary N) is 1. The predicted molar refractivity (Wildman–Crippen MR) is 61.6 cm³/mol. The topological polar surface area (TPSA) is 51.8 Å². The van der Waals surface area contributed by atoms with Crippen LogP contribution in [0.5, 0.6) is 0 Å². The summed E-state index contributed by atoms with van der Waals surface area (Å²) in [5, 5.41) is 8.18. The molecule has 0 bridgehead atoms. The fraction of sp³-hybridized carbons (Fsp3) is 0.0909. The third-order valence-corrected chi connectivity index (χ3v) is 2.42. The molecule has 15 heavy (non-hydrogen) atoms. The largest absolute Gasteiger partial charge is 0.381 e. The molecular weight excluding hydrogens is 210 g/mol. The summed E-state index contributed by atoms with van der Waals surface area (Å²) in [6, 6.07) is 9.70. The summed E-state index contributed by atoms with van der Waals surface area (Å²) < 4.78 is 0. The Hall–Kier alpha value is -1.61. The second-order valence-electron chi connectivity index (χ2n) is 3.33. The predicted octanol–water partition coefficient (Wildman–Crippen LogP) is 2.69. The van der Waals surface area contributed by atoms with Crippen molar-refractivity contribution in [2.45, 2.75) is 6.92 Å². The molecule has 0 radical (unpaired) electrons. The number of anilines is 1. The van der Waals surface area contributed by atoms with Crippen molar-refractivity contribution in [3.05, 3.63) is 40.9 Å². The van der Waals surface area contributed by atoms with Crippen molar-refractivity contribution < 1.29 is 0 Å². The van der Waals surface area contributed by atoms with Gasteiger partial charge in [0, 0.05) is 5.56 Å². The summed E-state index contributed by atoms with van der Waals surface area (Å²) in [6.07, 6.45) is 0. The van der Waals surface area contributed by atoms with Gasteiger partial charge in [-0.1, -0.05) is 41.4 Å².